The van der Waals surface area contributed by atoms with Crippen LogP contribution in [-0.4, -0.2) is 19.6 Å². The Morgan fingerprint density at radius 3 is 2.38 bits per heavy atom. The fourth-order valence-corrected chi connectivity index (χ4v) is 2.53. The highest BCUT2D eigenvalue weighted by molar-refractivity contribution is 7.89. The number of hydrogen-bond donors (Lipinski definition) is 2. The Balaban J connectivity index is 2.95. The quantitative estimate of drug-likeness (QED) is 0.846. The largest absolute Gasteiger partial charge is 0.508 e. The van der Waals surface area contributed by atoms with Crippen LogP contribution in [0, 0.1) is 5.92 Å². The molecule has 0 bridgehead atoms. The van der Waals surface area contributed by atoms with Gasteiger partial charge in [-0.3, -0.25) is 0 Å². The van der Waals surface area contributed by atoms with Crippen molar-refractivity contribution >= 4 is 10.0 Å². The van der Waals surface area contributed by atoms with Crippen molar-refractivity contribution in [3.63, 3.8) is 0 Å². The molecule has 0 spiro atoms. The molecule has 0 aromatic heterocycles. The fourth-order valence-electron chi connectivity index (χ4n) is 1.10. The second kappa shape index (κ2) is 4.84. The summed E-state index contributed by atoms with van der Waals surface area (Å²) in [6.45, 7) is 5.69. The third kappa shape index (κ3) is 3.21. The highest BCUT2D eigenvalue weighted by atomic mass is 32.2. The highest BCUT2D eigenvalue weighted by Crippen LogP contribution is 2.16. The lowest BCUT2D eigenvalue weighted by Crippen LogP contribution is -2.36. The number of phenolic OH excluding ortho intramolecular Hbond substituents is 1. The molecular weight excluding hydrogens is 226 g/mol. The van der Waals surface area contributed by atoms with E-state index in [0.29, 0.717) is 0 Å². The average molecular weight is 243 g/mol. The van der Waals surface area contributed by atoms with Crippen LogP contribution in [0.1, 0.15) is 20.8 Å². The van der Waals surface area contributed by atoms with Crippen molar-refractivity contribution < 1.29 is 13.5 Å². The Morgan fingerprint density at radius 1 is 1.25 bits per heavy atom. The van der Waals surface area contributed by atoms with Crippen molar-refractivity contribution in [3.05, 3.63) is 24.3 Å². The van der Waals surface area contributed by atoms with Crippen molar-refractivity contribution in [2.75, 3.05) is 0 Å². The minimum atomic E-state index is -3.54. The van der Waals surface area contributed by atoms with E-state index in [9.17, 15) is 13.5 Å². The van der Waals surface area contributed by atoms with E-state index in [1.54, 1.807) is 0 Å². The van der Waals surface area contributed by atoms with Gasteiger partial charge in [-0.25, -0.2) is 13.1 Å². The lowest BCUT2D eigenvalue weighted by molar-refractivity contribution is 0.468. The van der Waals surface area contributed by atoms with Crippen molar-refractivity contribution in [1.29, 1.82) is 0 Å². The molecule has 4 nitrogen and oxygen atoms in total. The maximum atomic E-state index is 11.9. The van der Waals surface area contributed by atoms with E-state index in [2.05, 4.69) is 4.72 Å². The number of phenols is 1. The van der Waals surface area contributed by atoms with Crippen LogP contribution in [-0.2, 0) is 10.0 Å². The molecule has 0 amide bonds. The van der Waals surface area contributed by atoms with Gasteiger partial charge in [0.05, 0.1) is 4.90 Å². The second-order valence-electron chi connectivity index (χ2n) is 4.15. The standard InChI is InChI=1S/C11H17NO3S/c1-8(2)9(3)12-16(14,15)11-6-4-5-10(13)7-11/h4-9,12-13H,1-3H3. The Labute approximate surface area is 96.4 Å². The van der Waals surface area contributed by atoms with Crippen LogP contribution in [0.5, 0.6) is 5.75 Å². The van der Waals surface area contributed by atoms with E-state index < -0.39 is 10.0 Å². The zero-order valence-corrected chi connectivity index (χ0v) is 10.5. The molecule has 0 saturated carbocycles. The Kier molecular flexibility index (Phi) is 3.93. The number of hydrogen-bond acceptors (Lipinski definition) is 3. The van der Waals surface area contributed by atoms with Gasteiger partial charge in [0, 0.05) is 6.04 Å². The number of aromatic hydroxyl groups is 1. The first-order valence-electron chi connectivity index (χ1n) is 5.14. The molecule has 0 aliphatic heterocycles. The summed E-state index contributed by atoms with van der Waals surface area (Å²) in [5.41, 5.74) is 0. The van der Waals surface area contributed by atoms with Crippen LogP contribution in [0.3, 0.4) is 0 Å². The molecule has 5 heteroatoms. The summed E-state index contributed by atoms with van der Waals surface area (Å²) in [4.78, 5) is 0.0833. The van der Waals surface area contributed by atoms with Gasteiger partial charge in [-0.1, -0.05) is 19.9 Å². The minimum absolute atomic E-state index is 0.0555. The zero-order chi connectivity index (χ0) is 12.3. The van der Waals surface area contributed by atoms with E-state index in [0.717, 1.165) is 0 Å². The summed E-state index contributed by atoms with van der Waals surface area (Å²) in [6, 6.07) is 5.48. The molecule has 1 aromatic rings. The summed E-state index contributed by atoms with van der Waals surface area (Å²) in [5.74, 6) is 0.159. The third-order valence-corrected chi connectivity index (χ3v) is 4.03. The molecule has 0 radical (unpaired) electrons. The molecule has 0 heterocycles. The molecule has 0 aliphatic carbocycles. The van der Waals surface area contributed by atoms with Crippen LogP contribution in [0.2, 0.25) is 0 Å². The molecule has 0 fully saturated rings. The lowest BCUT2D eigenvalue weighted by atomic mass is 10.1. The molecule has 1 rings (SSSR count). The van der Waals surface area contributed by atoms with E-state index in [1.807, 2.05) is 20.8 Å². The van der Waals surface area contributed by atoms with E-state index >= 15 is 0 Å². The van der Waals surface area contributed by atoms with Gasteiger partial charge in [0.25, 0.3) is 0 Å². The lowest BCUT2D eigenvalue weighted by Gasteiger charge is -2.17. The first-order chi connectivity index (χ1) is 7.33. The van der Waals surface area contributed by atoms with E-state index in [1.165, 1.54) is 24.3 Å². The maximum Gasteiger partial charge on any atom is 0.240 e. The molecule has 90 valence electrons. The van der Waals surface area contributed by atoms with Gasteiger partial charge in [-0.15, -0.1) is 0 Å². The van der Waals surface area contributed by atoms with Gasteiger partial charge in [0.15, 0.2) is 0 Å². The van der Waals surface area contributed by atoms with Gasteiger partial charge in [-0.05, 0) is 31.0 Å². The van der Waals surface area contributed by atoms with Gasteiger partial charge < -0.3 is 5.11 Å². The Hall–Kier alpha value is -1.07. The Morgan fingerprint density at radius 2 is 1.88 bits per heavy atom. The number of nitrogens with one attached hydrogen (secondary N) is 1. The van der Waals surface area contributed by atoms with E-state index in [4.69, 9.17) is 0 Å². The molecule has 2 N–H and O–H groups in total. The molecule has 0 saturated heterocycles. The van der Waals surface area contributed by atoms with Crippen LogP contribution >= 0.6 is 0 Å². The smallest absolute Gasteiger partial charge is 0.240 e. The van der Waals surface area contributed by atoms with Crippen LogP contribution in [0.25, 0.3) is 0 Å². The zero-order valence-electron chi connectivity index (χ0n) is 9.64. The highest BCUT2D eigenvalue weighted by Gasteiger charge is 2.19. The van der Waals surface area contributed by atoms with Crippen molar-refractivity contribution in [3.8, 4) is 5.75 Å². The van der Waals surface area contributed by atoms with Crippen LogP contribution in [0.4, 0.5) is 0 Å². The summed E-state index contributed by atoms with van der Waals surface area (Å²) in [7, 11) is -3.54. The topological polar surface area (TPSA) is 66.4 Å². The predicted octanol–water partition coefficient (Wildman–Crippen LogP) is 1.71. The molecular formula is C11H17NO3S. The predicted molar refractivity (Wildman–Crippen MR) is 62.7 cm³/mol. The third-order valence-electron chi connectivity index (χ3n) is 2.47. The molecule has 16 heavy (non-hydrogen) atoms. The van der Waals surface area contributed by atoms with E-state index in [-0.39, 0.29) is 22.6 Å². The van der Waals surface area contributed by atoms with Gasteiger partial charge in [0.1, 0.15) is 5.75 Å². The number of rotatable bonds is 4. The monoisotopic (exact) mass is 243 g/mol. The second-order valence-corrected chi connectivity index (χ2v) is 5.87. The molecule has 1 atom stereocenters. The summed E-state index contributed by atoms with van der Waals surface area (Å²) in [5, 5.41) is 9.23. The summed E-state index contributed by atoms with van der Waals surface area (Å²) < 4.78 is 26.3. The van der Waals surface area contributed by atoms with Crippen molar-refractivity contribution in [2.24, 2.45) is 5.92 Å². The number of sulfonamides is 1. The average Bonchev–Trinajstić information content (AvgIpc) is 2.17. The fraction of sp³-hybridized carbons (Fsp3) is 0.455. The SMILES string of the molecule is CC(C)C(C)NS(=O)(=O)c1cccc(O)c1. The molecule has 1 unspecified atom stereocenters. The molecule has 0 aliphatic rings. The summed E-state index contributed by atoms with van der Waals surface area (Å²) >= 11 is 0. The number of benzene rings is 1. The van der Waals surface area contributed by atoms with Crippen LogP contribution < -0.4 is 4.72 Å². The van der Waals surface area contributed by atoms with Gasteiger partial charge >= 0.3 is 0 Å². The van der Waals surface area contributed by atoms with Crippen molar-refractivity contribution in [2.45, 2.75) is 31.7 Å². The minimum Gasteiger partial charge on any atom is -0.508 e. The first kappa shape index (κ1) is 13.0. The Bertz CT molecular complexity index is 454. The summed E-state index contributed by atoms with van der Waals surface area (Å²) in [6.07, 6.45) is 0. The first-order valence-corrected chi connectivity index (χ1v) is 6.62. The van der Waals surface area contributed by atoms with Crippen molar-refractivity contribution in [1.82, 2.24) is 4.72 Å². The molecule has 1 aromatic carbocycles. The van der Waals surface area contributed by atoms with Crippen LogP contribution in [0.15, 0.2) is 29.2 Å². The normalized spacial score (nSPS) is 14.0. The van der Waals surface area contributed by atoms with Gasteiger partial charge in [0.2, 0.25) is 10.0 Å². The maximum absolute atomic E-state index is 11.9. The van der Waals surface area contributed by atoms with Gasteiger partial charge in [-0.2, -0.15) is 0 Å².